The number of nitrogens with one attached hydrogen (secondary N) is 1. The van der Waals surface area contributed by atoms with Crippen LogP contribution in [0.3, 0.4) is 0 Å². The molecule has 0 saturated heterocycles. The third kappa shape index (κ3) is 2.39. The van der Waals surface area contributed by atoms with Crippen LogP contribution in [-0.4, -0.2) is 18.6 Å². The first-order valence-electron chi connectivity index (χ1n) is 5.38. The zero-order chi connectivity index (χ0) is 11.2. The quantitative estimate of drug-likeness (QED) is 0.607. The van der Waals surface area contributed by atoms with Gasteiger partial charge in [0.1, 0.15) is 0 Å². The first kappa shape index (κ1) is 10.7. The lowest BCUT2D eigenvalue weighted by molar-refractivity contribution is 0.818. The number of nitrogens with zero attached hydrogens (tertiary/aromatic N) is 1. The summed E-state index contributed by atoms with van der Waals surface area (Å²) in [4.78, 5) is 4.19. The molecule has 0 aliphatic rings. The number of hydrogen-bond acceptors (Lipinski definition) is 2. The second kappa shape index (κ2) is 5.29. The fourth-order valence-electron chi connectivity index (χ4n) is 1.56. The second-order valence-electron chi connectivity index (χ2n) is 3.56. The van der Waals surface area contributed by atoms with E-state index >= 15 is 0 Å². The van der Waals surface area contributed by atoms with Crippen LogP contribution in [-0.2, 0) is 0 Å². The summed E-state index contributed by atoms with van der Waals surface area (Å²) >= 11 is 0. The normalized spacial score (nSPS) is 9.81. The van der Waals surface area contributed by atoms with Crippen molar-refractivity contribution < 1.29 is 0 Å². The SMILES string of the molecule is CNCCC#Cc1cncc2ccccc12. The number of benzene rings is 1. The Labute approximate surface area is 95.7 Å². The van der Waals surface area contributed by atoms with Crippen LogP contribution in [0.25, 0.3) is 10.8 Å². The highest BCUT2D eigenvalue weighted by atomic mass is 14.8. The Kier molecular flexibility index (Phi) is 3.53. The van der Waals surface area contributed by atoms with Crippen molar-refractivity contribution in [3.63, 3.8) is 0 Å². The maximum absolute atomic E-state index is 4.19. The molecule has 0 unspecified atom stereocenters. The van der Waals surface area contributed by atoms with Gasteiger partial charge in [0.2, 0.25) is 0 Å². The van der Waals surface area contributed by atoms with Crippen molar-refractivity contribution in [1.82, 2.24) is 10.3 Å². The van der Waals surface area contributed by atoms with E-state index in [9.17, 15) is 0 Å². The van der Waals surface area contributed by atoms with Gasteiger partial charge in [0, 0.05) is 36.1 Å². The van der Waals surface area contributed by atoms with Crippen LogP contribution >= 0.6 is 0 Å². The van der Waals surface area contributed by atoms with Crippen LogP contribution in [0.5, 0.6) is 0 Å². The molecule has 0 saturated carbocycles. The standard InChI is InChI=1S/C14H14N2/c1-15-9-5-4-7-13-11-16-10-12-6-2-3-8-14(12)13/h2-3,6,8,10-11,15H,5,9H2,1H3. The highest BCUT2D eigenvalue weighted by Crippen LogP contribution is 2.15. The third-order valence-electron chi connectivity index (χ3n) is 2.39. The van der Waals surface area contributed by atoms with Gasteiger partial charge in [-0.25, -0.2) is 0 Å². The Bertz CT molecular complexity index is 530. The molecule has 16 heavy (non-hydrogen) atoms. The lowest BCUT2D eigenvalue weighted by Crippen LogP contribution is -2.05. The molecule has 0 aliphatic carbocycles. The van der Waals surface area contributed by atoms with Crippen molar-refractivity contribution in [2.45, 2.75) is 6.42 Å². The van der Waals surface area contributed by atoms with Gasteiger partial charge in [0.05, 0.1) is 5.56 Å². The number of pyridine rings is 1. The van der Waals surface area contributed by atoms with Gasteiger partial charge in [0.15, 0.2) is 0 Å². The monoisotopic (exact) mass is 210 g/mol. The van der Waals surface area contributed by atoms with Crippen LogP contribution in [0.1, 0.15) is 12.0 Å². The van der Waals surface area contributed by atoms with E-state index in [4.69, 9.17) is 0 Å². The zero-order valence-corrected chi connectivity index (χ0v) is 9.33. The van der Waals surface area contributed by atoms with Crippen LogP contribution in [0, 0.1) is 11.8 Å². The van der Waals surface area contributed by atoms with Crippen molar-refractivity contribution in [3.05, 3.63) is 42.2 Å². The van der Waals surface area contributed by atoms with Crippen molar-refractivity contribution in [2.75, 3.05) is 13.6 Å². The minimum atomic E-state index is 0.861. The zero-order valence-electron chi connectivity index (χ0n) is 9.33. The minimum absolute atomic E-state index is 0.861. The molecular weight excluding hydrogens is 196 g/mol. The Morgan fingerprint density at radius 2 is 2.12 bits per heavy atom. The number of rotatable bonds is 2. The maximum atomic E-state index is 4.19. The minimum Gasteiger partial charge on any atom is -0.319 e. The Morgan fingerprint density at radius 3 is 3.00 bits per heavy atom. The van der Waals surface area contributed by atoms with E-state index < -0.39 is 0 Å². The fourth-order valence-corrected chi connectivity index (χ4v) is 1.56. The first-order valence-corrected chi connectivity index (χ1v) is 5.38. The molecule has 2 rings (SSSR count). The molecule has 0 amide bonds. The lowest BCUT2D eigenvalue weighted by Gasteiger charge is -1.98. The molecule has 2 aromatic rings. The summed E-state index contributed by atoms with van der Waals surface area (Å²) in [6.45, 7) is 0.922. The molecule has 80 valence electrons. The average Bonchev–Trinajstić information content (AvgIpc) is 2.35. The average molecular weight is 210 g/mol. The smallest absolute Gasteiger partial charge is 0.0507 e. The summed E-state index contributed by atoms with van der Waals surface area (Å²) < 4.78 is 0. The van der Waals surface area contributed by atoms with Gasteiger partial charge in [-0.2, -0.15) is 0 Å². The number of hydrogen-bond donors (Lipinski definition) is 1. The molecule has 2 nitrogen and oxygen atoms in total. The maximum Gasteiger partial charge on any atom is 0.0507 e. The summed E-state index contributed by atoms with van der Waals surface area (Å²) in [7, 11) is 1.93. The molecule has 0 radical (unpaired) electrons. The Balaban J connectivity index is 2.32. The lowest BCUT2D eigenvalue weighted by atomic mass is 10.1. The van der Waals surface area contributed by atoms with Crippen molar-refractivity contribution in [3.8, 4) is 11.8 Å². The van der Waals surface area contributed by atoms with Crippen LogP contribution in [0.2, 0.25) is 0 Å². The van der Waals surface area contributed by atoms with Crippen LogP contribution in [0.15, 0.2) is 36.7 Å². The molecule has 1 N–H and O–H groups in total. The van der Waals surface area contributed by atoms with E-state index in [0.717, 1.165) is 23.9 Å². The van der Waals surface area contributed by atoms with Gasteiger partial charge in [-0.3, -0.25) is 4.98 Å². The molecule has 2 heteroatoms. The van der Waals surface area contributed by atoms with Crippen molar-refractivity contribution in [2.24, 2.45) is 0 Å². The molecule has 0 bridgehead atoms. The van der Waals surface area contributed by atoms with E-state index in [1.807, 2.05) is 31.6 Å². The van der Waals surface area contributed by atoms with Crippen molar-refractivity contribution in [1.29, 1.82) is 0 Å². The largest absolute Gasteiger partial charge is 0.319 e. The van der Waals surface area contributed by atoms with E-state index in [2.05, 4.69) is 34.3 Å². The first-order chi connectivity index (χ1) is 7.92. The van der Waals surface area contributed by atoms with Gasteiger partial charge in [0.25, 0.3) is 0 Å². The van der Waals surface area contributed by atoms with Gasteiger partial charge in [-0.1, -0.05) is 36.1 Å². The number of fused-ring (bicyclic) bond motifs is 1. The fraction of sp³-hybridized carbons (Fsp3) is 0.214. The third-order valence-corrected chi connectivity index (χ3v) is 2.39. The predicted octanol–water partition coefficient (Wildman–Crippen LogP) is 2.20. The van der Waals surface area contributed by atoms with Gasteiger partial charge in [-0.15, -0.1) is 0 Å². The van der Waals surface area contributed by atoms with E-state index in [1.165, 1.54) is 5.39 Å². The van der Waals surface area contributed by atoms with Crippen molar-refractivity contribution >= 4 is 10.8 Å². The molecule has 1 aromatic carbocycles. The molecule has 1 aromatic heterocycles. The predicted molar refractivity (Wildman–Crippen MR) is 67.2 cm³/mol. The molecule has 0 atom stereocenters. The second-order valence-corrected chi connectivity index (χ2v) is 3.56. The highest BCUT2D eigenvalue weighted by molar-refractivity contribution is 5.87. The summed E-state index contributed by atoms with van der Waals surface area (Å²) in [5.41, 5.74) is 1.01. The van der Waals surface area contributed by atoms with E-state index in [1.54, 1.807) is 0 Å². The summed E-state index contributed by atoms with van der Waals surface area (Å²) in [6, 6.07) is 8.18. The van der Waals surface area contributed by atoms with Gasteiger partial charge < -0.3 is 5.32 Å². The Morgan fingerprint density at radius 1 is 1.25 bits per heavy atom. The van der Waals surface area contributed by atoms with E-state index in [-0.39, 0.29) is 0 Å². The Hall–Kier alpha value is -1.85. The van der Waals surface area contributed by atoms with Gasteiger partial charge >= 0.3 is 0 Å². The van der Waals surface area contributed by atoms with E-state index in [0.29, 0.717) is 0 Å². The topological polar surface area (TPSA) is 24.9 Å². The molecule has 0 aliphatic heterocycles. The molecule has 0 fully saturated rings. The number of aromatic nitrogens is 1. The summed E-state index contributed by atoms with van der Waals surface area (Å²) in [5.74, 6) is 6.31. The summed E-state index contributed by atoms with van der Waals surface area (Å²) in [5, 5.41) is 5.39. The van der Waals surface area contributed by atoms with Gasteiger partial charge in [-0.05, 0) is 7.05 Å². The molecule has 0 spiro atoms. The molecular formula is C14H14N2. The molecule has 1 heterocycles. The highest BCUT2D eigenvalue weighted by Gasteiger charge is 1.96. The van der Waals surface area contributed by atoms with Crippen LogP contribution in [0.4, 0.5) is 0 Å². The summed E-state index contributed by atoms with van der Waals surface area (Å²) in [6.07, 6.45) is 4.56. The van der Waals surface area contributed by atoms with Crippen LogP contribution < -0.4 is 5.32 Å².